The highest BCUT2D eigenvalue weighted by atomic mass is 16.5. The molecule has 0 unspecified atom stereocenters. The molecule has 1 aromatic heterocycles. The lowest BCUT2D eigenvalue weighted by Gasteiger charge is -2.18. The van der Waals surface area contributed by atoms with Crippen LogP contribution in [0.1, 0.15) is 33.3 Å². The number of hydrogen-bond donors (Lipinski definition) is 2. The van der Waals surface area contributed by atoms with Crippen LogP contribution >= 0.6 is 0 Å². The van der Waals surface area contributed by atoms with Crippen molar-refractivity contribution in [3.63, 3.8) is 0 Å². The molecule has 0 aliphatic rings. The van der Waals surface area contributed by atoms with Crippen molar-refractivity contribution in [1.29, 1.82) is 0 Å². The summed E-state index contributed by atoms with van der Waals surface area (Å²) < 4.78 is 6.74. The third kappa shape index (κ3) is 4.01. The average molecular weight is 379 g/mol. The Hall–Kier alpha value is -3.28. The third-order valence-corrected chi connectivity index (χ3v) is 4.10. The molecule has 3 aromatic rings. The van der Waals surface area contributed by atoms with Crippen molar-refractivity contribution in [2.24, 2.45) is 5.10 Å². The van der Waals surface area contributed by atoms with Gasteiger partial charge < -0.3 is 15.3 Å². The summed E-state index contributed by atoms with van der Waals surface area (Å²) in [7, 11) is 0. The molecule has 0 aliphatic heterocycles. The van der Waals surface area contributed by atoms with Crippen LogP contribution in [0, 0.1) is 0 Å². The molecule has 6 nitrogen and oxygen atoms in total. The highest BCUT2D eigenvalue weighted by molar-refractivity contribution is 6.01. The minimum atomic E-state index is -0.293. The Labute approximate surface area is 164 Å². The summed E-state index contributed by atoms with van der Waals surface area (Å²) in [5, 5.41) is 16.3. The second-order valence-corrected chi connectivity index (χ2v) is 7.47. The number of rotatable bonds is 5. The van der Waals surface area contributed by atoms with Gasteiger partial charge in [0.25, 0.3) is 5.56 Å². The van der Waals surface area contributed by atoms with E-state index >= 15 is 0 Å². The van der Waals surface area contributed by atoms with Crippen molar-refractivity contribution in [2.45, 2.75) is 33.2 Å². The molecule has 1 heterocycles. The average Bonchev–Trinajstić information content (AvgIpc) is 2.65. The normalized spacial score (nSPS) is 11.9. The van der Waals surface area contributed by atoms with Gasteiger partial charge in [-0.15, -0.1) is 0 Å². The molecular weight excluding hydrogens is 354 g/mol. The molecule has 146 valence electrons. The summed E-state index contributed by atoms with van der Waals surface area (Å²) in [6, 6.07) is 14.2. The standard InChI is InChI=1S/C22H25N3O3/c1-5-28-16-12-10-15(11-13-16)25-20(26)18-9-7-6-8-17(18)19(21(25)27)14-23-24-22(2,3)4/h6-14,24,27H,5H2,1-4H3. The molecule has 0 bridgehead atoms. The topological polar surface area (TPSA) is 75.8 Å². The van der Waals surface area contributed by atoms with E-state index in [1.807, 2.05) is 33.8 Å². The molecule has 28 heavy (non-hydrogen) atoms. The molecule has 0 saturated heterocycles. The fourth-order valence-corrected chi connectivity index (χ4v) is 2.88. The number of aromatic nitrogens is 1. The van der Waals surface area contributed by atoms with E-state index in [1.165, 1.54) is 4.57 Å². The van der Waals surface area contributed by atoms with Crippen LogP contribution in [0.25, 0.3) is 16.5 Å². The molecule has 6 heteroatoms. The van der Waals surface area contributed by atoms with E-state index in [-0.39, 0.29) is 17.0 Å². The van der Waals surface area contributed by atoms with E-state index < -0.39 is 0 Å². The van der Waals surface area contributed by atoms with E-state index in [1.54, 1.807) is 48.7 Å². The van der Waals surface area contributed by atoms with Crippen molar-refractivity contribution < 1.29 is 9.84 Å². The fraction of sp³-hybridized carbons (Fsp3) is 0.273. The van der Waals surface area contributed by atoms with Crippen molar-refractivity contribution in [2.75, 3.05) is 6.61 Å². The number of ether oxygens (including phenoxy) is 1. The van der Waals surface area contributed by atoms with Crippen LogP contribution in [0.3, 0.4) is 0 Å². The lowest BCUT2D eigenvalue weighted by Crippen LogP contribution is -2.31. The van der Waals surface area contributed by atoms with Gasteiger partial charge in [0.05, 0.1) is 24.1 Å². The van der Waals surface area contributed by atoms with Gasteiger partial charge in [0.15, 0.2) is 0 Å². The van der Waals surface area contributed by atoms with Crippen molar-refractivity contribution >= 4 is 17.0 Å². The number of fused-ring (bicyclic) bond motifs is 1. The number of hydrazone groups is 1. The number of benzene rings is 2. The van der Waals surface area contributed by atoms with E-state index in [0.717, 1.165) is 0 Å². The molecule has 2 N–H and O–H groups in total. The number of aromatic hydroxyl groups is 1. The maximum absolute atomic E-state index is 13.1. The molecule has 2 aromatic carbocycles. The predicted octanol–water partition coefficient (Wildman–Crippen LogP) is 3.82. The molecule has 0 atom stereocenters. The minimum Gasteiger partial charge on any atom is -0.494 e. The summed E-state index contributed by atoms with van der Waals surface area (Å²) >= 11 is 0. The molecule has 0 spiro atoms. The van der Waals surface area contributed by atoms with Crippen LogP contribution in [-0.2, 0) is 0 Å². The van der Waals surface area contributed by atoms with E-state index in [9.17, 15) is 9.90 Å². The summed E-state index contributed by atoms with van der Waals surface area (Å²) in [6.45, 7) is 8.43. The Morgan fingerprint density at radius 2 is 1.75 bits per heavy atom. The van der Waals surface area contributed by atoms with Crippen molar-refractivity contribution in [3.8, 4) is 17.3 Å². The van der Waals surface area contributed by atoms with Crippen LogP contribution in [0.5, 0.6) is 11.6 Å². The van der Waals surface area contributed by atoms with Gasteiger partial charge >= 0.3 is 0 Å². The van der Waals surface area contributed by atoms with Crippen LogP contribution < -0.4 is 15.7 Å². The molecule has 0 aliphatic carbocycles. The third-order valence-electron chi connectivity index (χ3n) is 4.10. The van der Waals surface area contributed by atoms with Gasteiger partial charge in [0.2, 0.25) is 5.88 Å². The monoisotopic (exact) mass is 379 g/mol. The highest BCUT2D eigenvalue weighted by Gasteiger charge is 2.16. The number of nitrogens with one attached hydrogen (secondary N) is 1. The van der Waals surface area contributed by atoms with Crippen LogP contribution in [0.4, 0.5) is 0 Å². The first-order valence-electron chi connectivity index (χ1n) is 9.22. The van der Waals surface area contributed by atoms with Crippen molar-refractivity contribution in [1.82, 2.24) is 9.99 Å². The van der Waals surface area contributed by atoms with Gasteiger partial charge in [-0.2, -0.15) is 5.10 Å². The second kappa shape index (κ2) is 7.76. The maximum Gasteiger partial charge on any atom is 0.265 e. The summed E-state index contributed by atoms with van der Waals surface area (Å²) in [5.41, 5.74) is 3.53. The van der Waals surface area contributed by atoms with E-state index in [4.69, 9.17) is 4.74 Å². The Morgan fingerprint density at radius 1 is 1.11 bits per heavy atom. The molecule has 0 saturated carbocycles. The molecule has 0 radical (unpaired) electrons. The molecular formula is C22H25N3O3. The largest absolute Gasteiger partial charge is 0.494 e. The van der Waals surface area contributed by atoms with Crippen LogP contribution in [0.15, 0.2) is 58.4 Å². The van der Waals surface area contributed by atoms with Gasteiger partial charge in [-0.05, 0) is 58.0 Å². The zero-order chi connectivity index (χ0) is 20.3. The number of pyridine rings is 1. The minimum absolute atomic E-state index is 0.160. The molecule has 0 fully saturated rings. The Kier molecular flexibility index (Phi) is 5.40. The Bertz CT molecular complexity index is 1060. The zero-order valence-electron chi connectivity index (χ0n) is 16.6. The lowest BCUT2D eigenvalue weighted by atomic mass is 10.1. The second-order valence-electron chi connectivity index (χ2n) is 7.47. The van der Waals surface area contributed by atoms with Gasteiger partial charge in [0.1, 0.15) is 5.75 Å². The highest BCUT2D eigenvalue weighted by Crippen LogP contribution is 2.26. The number of hydrogen-bond acceptors (Lipinski definition) is 5. The Balaban J connectivity index is 2.19. The predicted molar refractivity (Wildman–Crippen MR) is 113 cm³/mol. The zero-order valence-corrected chi connectivity index (χ0v) is 16.6. The van der Waals surface area contributed by atoms with Crippen molar-refractivity contribution in [3.05, 3.63) is 64.4 Å². The van der Waals surface area contributed by atoms with E-state index in [0.29, 0.717) is 34.4 Å². The molecule has 3 rings (SSSR count). The SMILES string of the molecule is CCOc1ccc(-n2c(O)c(C=NNC(C)(C)C)c3ccccc3c2=O)cc1. The molecule has 0 amide bonds. The summed E-state index contributed by atoms with van der Waals surface area (Å²) in [5.74, 6) is 0.545. The first kappa shape index (κ1) is 19.5. The van der Waals surface area contributed by atoms with Crippen LogP contribution in [0.2, 0.25) is 0 Å². The first-order chi connectivity index (χ1) is 13.3. The quantitative estimate of drug-likeness (QED) is 0.522. The lowest BCUT2D eigenvalue weighted by molar-refractivity contribution is 0.340. The van der Waals surface area contributed by atoms with Gasteiger partial charge in [-0.25, -0.2) is 4.57 Å². The van der Waals surface area contributed by atoms with E-state index in [2.05, 4.69) is 10.5 Å². The summed E-state index contributed by atoms with van der Waals surface area (Å²) in [4.78, 5) is 13.1. The van der Waals surface area contributed by atoms with Gasteiger partial charge in [-0.3, -0.25) is 4.79 Å². The summed E-state index contributed by atoms with van der Waals surface area (Å²) in [6.07, 6.45) is 1.55. The first-order valence-corrected chi connectivity index (χ1v) is 9.22. The van der Waals surface area contributed by atoms with Gasteiger partial charge in [-0.1, -0.05) is 18.2 Å². The smallest absolute Gasteiger partial charge is 0.265 e. The number of nitrogens with zero attached hydrogens (tertiary/aromatic N) is 2. The maximum atomic E-state index is 13.1. The Morgan fingerprint density at radius 3 is 2.36 bits per heavy atom. The van der Waals surface area contributed by atoms with Crippen LogP contribution in [-0.4, -0.2) is 28.0 Å². The fourth-order valence-electron chi connectivity index (χ4n) is 2.88. The van der Waals surface area contributed by atoms with Gasteiger partial charge in [0, 0.05) is 16.3 Å².